The van der Waals surface area contributed by atoms with E-state index in [1.165, 1.54) is 30.4 Å². The van der Waals surface area contributed by atoms with Crippen molar-refractivity contribution in [3.05, 3.63) is 23.3 Å². The van der Waals surface area contributed by atoms with Crippen molar-refractivity contribution in [2.75, 3.05) is 19.8 Å². The molecule has 110 valence electrons. The fourth-order valence-corrected chi connectivity index (χ4v) is 3.17. The Morgan fingerprint density at radius 1 is 1.20 bits per heavy atom. The van der Waals surface area contributed by atoms with Gasteiger partial charge in [-0.2, -0.15) is 0 Å². The molecule has 0 aliphatic carbocycles. The molecule has 0 amide bonds. The van der Waals surface area contributed by atoms with Crippen molar-refractivity contribution < 1.29 is 9.47 Å². The Labute approximate surface area is 121 Å². The van der Waals surface area contributed by atoms with Gasteiger partial charge in [-0.05, 0) is 48.6 Å². The zero-order chi connectivity index (χ0) is 13.9. The van der Waals surface area contributed by atoms with Gasteiger partial charge in [-0.1, -0.05) is 26.7 Å². The monoisotopic (exact) mass is 275 g/mol. The van der Waals surface area contributed by atoms with Gasteiger partial charge in [0, 0.05) is 6.04 Å². The summed E-state index contributed by atoms with van der Waals surface area (Å²) in [5, 5.41) is 3.66. The Morgan fingerprint density at radius 2 is 1.95 bits per heavy atom. The van der Waals surface area contributed by atoms with Crippen molar-refractivity contribution >= 4 is 0 Å². The van der Waals surface area contributed by atoms with E-state index in [1.54, 1.807) is 0 Å². The Kier molecular flexibility index (Phi) is 4.16. The zero-order valence-corrected chi connectivity index (χ0v) is 12.6. The van der Waals surface area contributed by atoms with Crippen molar-refractivity contribution in [1.29, 1.82) is 0 Å². The number of fused-ring (bicyclic) bond motifs is 2. The average molecular weight is 275 g/mol. The fourth-order valence-electron chi connectivity index (χ4n) is 3.17. The lowest BCUT2D eigenvalue weighted by Gasteiger charge is -2.29. The summed E-state index contributed by atoms with van der Waals surface area (Å²) in [6, 6.07) is 4.88. The summed E-state index contributed by atoms with van der Waals surface area (Å²) in [6.45, 7) is 6.99. The molecule has 1 N–H and O–H groups in total. The molecule has 0 aromatic heterocycles. The number of benzene rings is 1. The zero-order valence-electron chi connectivity index (χ0n) is 12.6. The van der Waals surface area contributed by atoms with Crippen LogP contribution in [0.2, 0.25) is 0 Å². The lowest BCUT2D eigenvalue weighted by atomic mass is 9.90. The van der Waals surface area contributed by atoms with E-state index in [4.69, 9.17) is 9.47 Å². The second kappa shape index (κ2) is 6.04. The van der Waals surface area contributed by atoms with Gasteiger partial charge in [-0.15, -0.1) is 0 Å². The molecule has 3 nitrogen and oxygen atoms in total. The van der Waals surface area contributed by atoms with Crippen LogP contribution in [0, 0.1) is 5.92 Å². The van der Waals surface area contributed by atoms with Gasteiger partial charge in [0.2, 0.25) is 0 Å². The van der Waals surface area contributed by atoms with Gasteiger partial charge in [-0.25, -0.2) is 0 Å². The van der Waals surface area contributed by atoms with E-state index >= 15 is 0 Å². The molecule has 1 atom stereocenters. The molecule has 1 aromatic rings. The molecule has 3 heteroatoms. The molecule has 1 unspecified atom stereocenters. The molecule has 0 spiro atoms. The first kappa shape index (κ1) is 13.7. The number of hydrogen-bond acceptors (Lipinski definition) is 3. The summed E-state index contributed by atoms with van der Waals surface area (Å²) >= 11 is 0. The molecule has 2 heterocycles. The Hall–Kier alpha value is -1.22. The highest BCUT2D eigenvalue weighted by Crippen LogP contribution is 2.38. The summed E-state index contributed by atoms with van der Waals surface area (Å²) in [5.41, 5.74) is 2.85. The topological polar surface area (TPSA) is 30.5 Å². The number of ether oxygens (including phenoxy) is 2. The molecule has 0 fully saturated rings. The van der Waals surface area contributed by atoms with E-state index in [-0.39, 0.29) is 0 Å². The average Bonchev–Trinajstić information content (AvgIpc) is 2.45. The first-order valence-corrected chi connectivity index (χ1v) is 7.90. The summed E-state index contributed by atoms with van der Waals surface area (Å²) in [5.74, 6) is 2.64. The quantitative estimate of drug-likeness (QED) is 0.912. The highest BCUT2D eigenvalue weighted by molar-refractivity contribution is 5.50. The van der Waals surface area contributed by atoms with Crippen LogP contribution in [0.5, 0.6) is 11.5 Å². The summed E-state index contributed by atoms with van der Waals surface area (Å²) in [4.78, 5) is 0. The Balaban J connectivity index is 1.77. The highest BCUT2D eigenvalue weighted by Gasteiger charge is 2.23. The normalized spacial score (nSPS) is 20.9. The minimum Gasteiger partial charge on any atom is -0.486 e. The maximum atomic E-state index is 5.73. The maximum Gasteiger partial charge on any atom is 0.161 e. The van der Waals surface area contributed by atoms with E-state index < -0.39 is 0 Å². The molecular formula is C17H25NO2. The summed E-state index contributed by atoms with van der Waals surface area (Å²) < 4.78 is 11.4. The van der Waals surface area contributed by atoms with Gasteiger partial charge < -0.3 is 14.8 Å². The van der Waals surface area contributed by atoms with Crippen LogP contribution in [0.3, 0.4) is 0 Å². The first-order chi connectivity index (χ1) is 9.74. The molecule has 0 saturated heterocycles. The molecule has 2 aliphatic rings. The van der Waals surface area contributed by atoms with Gasteiger partial charge in [0.05, 0.1) is 0 Å². The molecule has 0 radical (unpaired) electrons. The highest BCUT2D eigenvalue weighted by atomic mass is 16.6. The third-order valence-corrected chi connectivity index (χ3v) is 4.24. The Morgan fingerprint density at radius 3 is 2.70 bits per heavy atom. The fraction of sp³-hybridized carbons (Fsp3) is 0.647. The summed E-state index contributed by atoms with van der Waals surface area (Å²) in [6.07, 6.45) is 4.89. The van der Waals surface area contributed by atoms with Gasteiger partial charge in [0.25, 0.3) is 0 Å². The van der Waals surface area contributed by atoms with E-state index in [0.29, 0.717) is 19.3 Å². The molecule has 2 aliphatic heterocycles. The van der Waals surface area contributed by atoms with Crippen LogP contribution in [0.15, 0.2) is 12.1 Å². The van der Waals surface area contributed by atoms with Gasteiger partial charge >= 0.3 is 0 Å². The van der Waals surface area contributed by atoms with E-state index in [1.807, 2.05) is 0 Å². The third-order valence-electron chi connectivity index (χ3n) is 4.24. The maximum absolute atomic E-state index is 5.73. The minimum atomic E-state index is 0.480. The van der Waals surface area contributed by atoms with Gasteiger partial charge in [0.15, 0.2) is 11.5 Å². The smallest absolute Gasteiger partial charge is 0.161 e. The van der Waals surface area contributed by atoms with E-state index in [0.717, 1.165) is 30.4 Å². The molecule has 0 bridgehead atoms. The van der Waals surface area contributed by atoms with Crippen LogP contribution < -0.4 is 14.8 Å². The number of nitrogens with one attached hydrogen (secondary N) is 1. The van der Waals surface area contributed by atoms with Crippen LogP contribution in [0.4, 0.5) is 0 Å². The van der Waals surface area contributed by atoms with Crippen LogP contribution in [0.1, 0.15) is 50.3 Å². The lowest BCUT2D eigenvalue weighted by molar-refractivity contribution is 0.171. The largest absolute Gasteiger partial charge is 0.486 e. The predicted octanol–water partition coefficient (Wildman–Crippen LogP) is 3.47. The second-order valence-corrected chi connectivity index (χ2v) is 6.28. The van der Waals surface area contributed by atoms with E-state index in [2.05, 4.69) is 31.3 Å². The molecule has 20 heavy (non-hydrogen) atoms. The summed E-state index contributed by atoms with van der Waals surface area (Å²) in [7, 11) is 0. The van der Waals surface area contributed by atoms with Gasteiger partial charge in [-0.3, -0.25) is 0 Å². The number of hydrogen-bond donors (Lipinski definition) is 1. The van der Waals surface area contributed by atoms with Crippen molar-refractivity contribution in [1.82, 2.24) is 5.32 Å². The second-order valence-electron chi connectivity index (χ2n) is 6.28. The van der Waals surface area contributed by atoms with Crippen molar-refractivity contribution in [3.63, 3.8) is 0 Å². The van der Waals surface area contributed by atoms with Crippen LogP contribution in [0.25, 0.3) is 0 Å². The molecular weight excluding hydrogens is 250 g/mol. The number of rotatable bonds is 4. The molecule has 0 saturated carbocycles. The van der Waals surface area contributed by atoms with Crippen molar-refractivity contribution in [2.24, 2.45) is 5.92 Å². The minimum absolute atomic E-state index is 0.480. The SMILES string of the molecule is CC(C)CCCC1NCCc2cc3c(cc21)OCCO3. The Bertz CT molecular complexity index is 470. The molecule has 1 aromatic carbocycles. The predicted molar refractivity (Wildman–Crippen MR) is 80.6 cm³/mol. The third kappa shape index (κ3) is 2.93. The first-order valence-electron chi connectivity index (χ1n) is 7.90. The van der Waals surface area contributed by atoms with Crippen LogP contribution in [-0.2, 0) is 6.42 Å². The standard InChI is InChI=1S/C17H25NO2/c1-12(2)4-3-5-15-14-11-17-16(19-8-9-20-17)10-13(14)6-7-18-15/h10-12,15,18H,3-9H2,1-2H3. The lowest BCUT2D eigenvalue weighted by Crippen LogP contribution is -2.30. The van der Waals surface area contributed by atoms with Crippen molar-refractivity contribution in [2.45, 2.75) is 45.6 Å². The van der Waals surface area contributed by atoms with Gasteiger partial charge in [0.1, 0.15) is 13.2 Å². The van der Waals surface area contributed by atoms with E-state index in [9.17, 15) is 0 Å². The molecule has 3 rings (SSSR count). The van der Waals surface area contributed by atoms with Crippen molar-refractivity contribution in [3.8, 4) is 11.5 Å². The van der Waals surface area contributed by atoms with Crippen LogP contribution in [-0.4, -0.2) is 19.8 Å². The van der Waals surface area contributed by atoms with Crippen LogP contribution >= 0.6 is 0 Å².